The Labute approximate surface area is 91.4 Å². The molecule has 1 atom stereocenters. The van der Waals surface area contributed by atoms with Crippen LogP contribution in [0.15, 0.2) is 23.9 Å². The molecule has 1 aliphatic rings. The zero-order valence-corrected chi connectivity index (χ0v) is 9.50. The molecule has 1 heterocycles. The molecular weight excluding hydrogens is 196 g/mol. The van der Waals surface area contributed by atoms with Gasteiger partial charge in [0.15, 0.2) is 0 Å². The van der Waals surface area contributed by atoms with Gasteiger partial charge in [-0.05, 0) is 38.5 Å². The van der Waals surface area contributed by atoms with Gasteiger partial charge in [0.1, 0.15) is 5.50 Å². The molecule has 0 aliphatic carbocycles. The van der Waals surface area contributed by atoms with Crippen molar-refractivity contribution in [2.24, 2.45) is 5.73 Å². The molecule has 0 fully saturated rings. The van der Waals surface area contributed by atoms with Gasteiger partial charge in [-0.3, -0.25) is 0 Å². The first-order chi connectivity index (χ1) is 6.74. The van der Waals surface area contributed by atoms with Crippen molar-refractivity contribution in [2.45, 2.75) is 31.7 Å². The fourth-order valence-corrected chi connectivity index (χ4v) is 1.84. The van der Waals surface area contributed by atoms with E-state index in [-0.39, 0.29) is 5.50 Å². The van der Waals surface area contributed by atoms with Gasteiger partial charge in [0.2, 0.25) is 0 Å². The quantitative estimate of drug-likeness (QED) is 0.433. The molecule has 3 heteroatoms. The van der Waals surface area contributed by atoms with Crippen molar-refractivity contribution < 1.29 is 0 Å². The Morgan fingerprint density at radius 3 is 2.86 bits per heavy atom. The summed E-state index contributed by atoms with van der Waals surface area (Å²) in [6.07, 6.45) is 9.71. The average Bonchev–Trinajstić information content (AvgIpc) is 2.15. The summed E-state index contributed by atoms with van der Waals surface area (Å²) in [6, 6.07) is 0. The third kappa shape index (κ3) is 3.72. The second-order valence-corrected chi connectivity index (χ2v) is 4.13. The van der Waals surface area contributed by atoms with Crippen LogP contribution in [-0.4, -0.2) is 23.5 Å². The Balaban J connectivity index is 2.23. The van der Waals surface area contributed by atoms with Crippen molar-refractivity contribution in [3.8, 4) is 0 Å². The van der Waals surface area contributed by atoms with Crippen molar-refractivity contribution in [1.29, 1.82) is 0 Å². The van der Waals surface area contributed by atoms with E-state index < -0.39 is 0 Å². The van der Waals surface area contributed by atoms with Gasteiger partial charge in [0.05, 0.1) is 0 Å². The number of hydrogen-bond acceptors (Lipinski definition) is 2. The van der Waals surface area contributed by atoms with Gasteiger partial charge in [0, 0.05) is 12.7 Å². The topological polar surface area (TPSA) is 29.3 Å². The molecule has 0 aromatic heterocycles. The number of halogens is 1. The number of unbranched alkanes of at least 4 members (excludes halogenated alkanes) is 2. The largest absolute Gasteiger partial charge is 0.358 e. The lowest BCUT2D eigenvalue weighted by atomic mass is 10.2. The van der Waals surface area contributed by atoms with E-state index in [2.05, 4.69) is 30.2 Å². The van der Waals surface area contributed by atoms with Crippen LogP contribution in [0.3, 0.4) is 0 Å². The molecule has 0 saturated carbocycles. The summed E-state index contributed by atoms with van der Waals surface area (Å²) in [5.41, 5.74) is 6.69. The van der Waals surface area contributed by atoms with Crippen molar-refractivity contribution in [3.63, 3.8) is 0 Å². The van der Waals surface area contributed by atoms with Gasteiger partial charge in [-0.25, -0.2) is 0 Å². The predicted molar refractivity (Wildman–Crippen MR) is 62.1 cm³/mol. The van der Waals surface area contributed by atoms with Gasteiger partial charge in [0.25, 0.3) is 0 Å². The zero-order chi connectivity index (χ0) is 10.4. The molecule has 0 bridgehead atoms. The van der Waals surface area contributed by atoms with E-state index >= 15 is 0 Å². The molecule has 0 radical (unpaired) electrons. The lowest BCUT2D eigenvalue weighted by molar-refractivity contribution is 0.367. The zero-order valence-electron chi connectivity index (χ0n) is 8.75. The summed E-state index contributed by atoms with van der Waals surface area (Å²) in [5.74, 6) is 0. The van der Waals surface area contributed by atoms with Crippen LogP contribution in [0.2, 0.25) is 0 Å². The first kappa shape index (κ1) is 11.6. The maximum absolute atomic E-state index is 6.16. The first-order valence-electron chi connectivity index (χ1n) is 5.20. The SMILES string of the molecule is CC1=CC(Cl)N(CCCCCN)C=C1. The number of allylic oxidation sites excluding steroid dienone is 2. The molecule has 0 aromatic rings. The highest BCUT2D eigenvalue weighted by Gasteiger charge is 2.11. The number of alkyl halides is 1. The molecule has 1 rings (SSSR count). The Kier molecular flexibility index (Phi) is 5.05. The second kappa shape index (κ2) is 6.10. The fraction of sp³-hybridized carbons (Fsp3) is 0.636. The van der Waals surface area contributed by atoms with Crippen molar-refractivity contribution in [2.75, 3.05) is 13.1 Å². The van der Waals surface area contributed by atoms with Crippen molar-refractivity contribution >= 4 is 11.6 Å². The maximum atomic E-state index is 6.16. The van der Waals surface area contributed by atoms with E-state index in [1.165, 1.54) is 12.0 Å². The summed E-state index contributed by atoms with van der Waals surface area (Å²) in [4.78, 5) is 2.16. The molecule has 0 amide bonds. The lowest BCUT2D eigenvalue weighted by Crippen LogP contribution is -2.27. The fourth-order valence-electron chi connectivity index (χ4n) is 1.48. The summed E-state index contributed by atoms with van der Waals surface area (Å²) in [6.45, 7) is 3.88. The standard InChI is InChI=1S/C11H19ClN2/c1-10-5-8-14(11(12)9-10)7-4-2-3-6-13/h5,8-9,11H,2-4,6-7,13H2,1H3. The Bertz CT molecular complexity index is 223. The van der Waals surface area contributed by atoms with Crippen molar-refractivity contribution in [3.05, 3.63) is 23.9 Å². The highest BCUT2D eigenvalue weighted by Crippen LogP contribution is 2.17. The van der Waals surface area contributed by atoms with Gasteiger partial charge in [-0.2, -0.15) is 0 Å². The smallest absolute Gasteiger partial charge is 0.123 e. The van der Waals surface area contributed by atoms with Gasteiger partial charge >= 0.3 is 0 Å². The molecule has 0 spiro atoms. The van der Waals surface area contributed by atoms with Crippen LogP contribution >= 0.6 is 11.6 Å². The summed E-state index contributed by atoms with van der Waals surface area (Å²) in [5, 5.41) is 0. The van der Waals surface area contributed by atoms with E-state index in [9.17, 15) is 0 Å². The molecular formula is C11H19ClN2. The predicted octanol–water partition coefficient (Wildman–Crippen LogP) is 2.46. The molecule has 1 aliphatic heterocycles. The van der Waals surface area contributed by atoms with E-state index in [4.69, 9.17) is 17.3 Å². The normalized spacial score (nSPS) is 21.2. The van der Waals surface area contributed by atoms with Crippen LogP contribution in [0.5, 0.6) is 0 Å². The van der Waals surface area contributed by atoms with Crippen LogP contribution in [0, 0.1) is 0 Å². The van der Waals surface area contributed by atoms with E-state index in [1.807, 2.05) is 0 Å². The number of rotatable bonds is 5. The van der Waals surface area contributed by atoms with Gasteiger partial charge in [-0.1, -0.05) is 23.6 Å². The number of hydrogen-bond donors (Lipinski definition) is 1. The first-order valence-corrected chi connectivity index (χ1v) is 5.64. The second-order valence-electron chi connectivity index (χ2n) is 3.69. The molecule has 2 nitrogen and oxygen atoms in total. The Morgan fingerprint density at radius 2 is 2.21 bits per heavy atom. The molecule has 0 saturated heterocycles. The van der Waals surface area contributed by atoms with E-state index in [0.29, 0.717) is 0 Å². The highest BCUT2D eigenvalue weighted by molar-refractivity contribution is 6.21. The summed E-state index contributed by atoms with van der Waals surface area (Å²) >= 11 is 6.16. The molecule has 14 heavy (non-hydrogen) atoms. The highest BCUT2D eigenvalue weighted by atomic mass is 35.5. The third-order valence-electron chi connectivity index (χ3n) is 2.37. The van der Waals surface area contributed by atoms with Gasteiger partial charge in [-0.15, -0.1) is 0 Å². The minimum Gasteiger partial charge on any atom is -0.358 e. The van der Waals surface area contributed by atoms with E-state index in [0.717, 1.165) is 25.9 Å². The Morgan fingerprint density at radius 1 is 1.43 bits per heavy atom. The monoisotopic (exact) mass is 214 g/mol. The van der Waals surface area contributed by atoms with Crippen LogP contribution in [0.1, 0.15) is 26.2 Å². The van der Waals surface area contributed by atoms with Crippen LogP contribution < -0.4 is 5.73 Å². The number of nitrogens with zero attached hydrogens (tertiary/aromatic N) is 1. The van der Waals surface area contributed by atoms with Gasteiger partial charge < -0.3 is 10.6 Å². The van der Waals surface area contributed by atoms with Crippen LogP contribution in [0.4, 0.5) is 0 Å². The molecule has 1 unspecified atom stereocenters. The van der Waals surface area contributed by atoms with Crippen LogP contribution in [0.25, 0.3) is 0 Å². The maximum Gasteiger partial charge on any atom is 0.123 e. The molecule has 80 valence electrons. The number of nitrogens with two attached hydrogens (primary N) is 1. The molecule has 2 N–H and O–H groups in total. The van der Waals surface area contributed by atoms with Crippen molar-refractivity contribution in [1.82, 2.24) is 4.90 Å². The third-order valence-corrected chi connectivity index (χ3v) is 2.74. The Hall–Kier alpha value is -0.470. The lowest BCUT2D eigenvalue weighted by Gasteiger charge is -2.27. The summed E-state index contributed by atoms with van der Waals surface area (Å²) < 4.78 is 0. The minimum absolute atomic E-state index is 0.0258. The summed E-state index contributed by atoms with van der Waals surface area (Å²) in [7, 11) is 0. The van der Waals surface area contributed by atoms with Crippen LogP contribution in [-0.2, 0) is 0 Å². The average molecular weight is 215 g/mol. The van der Waals surface area contributed by atoms with E-state index in [1.54, 1.807) is 0 Å². The molecule has 0 aromatic carbocycles. The minimum atomic E-state index is 0.0258.